The van der Waals surface area contributed by atoms with Crippen LogP contribution in [0.3, 0.4) is 0 Å². The minimum atomic E-state index is -0.776. The average molecular weight is 389 g/mol. The number of carbonyl (C=O) groups excluding carboxylic acids is 2. The zero-order valence-corrected chi connectivity index (χ0v) is 14.9. The van der Waals surface area contributed by atoms with E-state index in [0.717, 1.165) is 15.5 Å². The highest BCUT2D eigenvalue weighted by molar-refractivity contribution is 6.01. The van der Waals surface area contributed by atoms with E-state index in [1.165, 1.54) is 0 Å². The number of carbonyl (C=O) groups is 2. The molecule has 2 amide bonds. The first-order valence-electron chi connectivity index (χ1n) is 8.53. The van der Waals surface area contributed by atoms with Crippen molar-refractivity contribution in [1.82, 2.24) is 19.1 Å². The van der Waals surface area contributed by atoms with E-state index in [-0.39, 0.29) is 17.1 Å². The summed E-state index contributed by atoms with van der Waals surface area (Å²) in [6.07, 6.45) is 1.14. The van der Waals surface area contributed by atoms with Crippen molar-refractivity contribution in [2.75, 3.05) is 16.4 Å². The molecule has 0 aliphatic carbocycles. The summed E-state index contributed by atoms with van der Waals surface area (Å²) in [6.45, 7) is 0. The van der Waals surface area contributed by atoms with Crippen LogP contribution >= 0.6 is 0 Å². The van der Waals surface area contributed by atoms with E-state index in [0.29, 0.717) is 11.4 Å². The van der Waals surface area contributed by atoms with E-state index in [1.807, 2.05) is 0 Å². The number of nitrogen functional groups attached to an aromatic ring is 1. The van der Waals surface area contributed by atoms with Crippen LogP contribution in [-0.2, 0) is 0 Å². The van der Waals surface area contributed by atoms with Crippen LogP contribution in [0.15, 0.2) is 71.8 Å². The van der Waals surface area contributed by atoms with Gasteiger partial charge < -0.3 is 16.4 Å². The minimum Gasteiger partial charge on any atom is -0.369 e. The molecule has 29 heavy (non-hydrogen) atoms. The van der Waals surface area contributed by atoms with Crippen molar-refractivity contribution in [1.29, 1.82) is 0 Å². The van der Waals surface area contributed by atoms with E-state index < -0.39 is 17.6 Å². The lowest BCUT2D eigenvalue weighted by atomic mass is 10.3. The summed E-state index contributed by atoms with van der Waals surface area (Å²) in [5.74, 6) is -0.343. The largest absolute Gasteiger partial charge is 0.369 e. The maximum atomic E-state index is 12.7. The number of rotatable bonds is 2. The molecule has 2 aromatic carbocycles. The molecular formula is C19H15N7O3. The molecule has 0 unspecified atom stereocenters. The first-order valence-corrected chi connectivity index (χ1v) is 8.53. The van der Waals surface area contributed by atoms with Gasteiger partial charge in [0.1, 0.15) is 6.33 Å². The van der Waals surface area contributed by atoms with Gasteiger partial charge in [0, 0.05) is 11.4 Å². The number of aromatic nitrogens is 4. The molecule has 0 atom stereocenters. The van der Waals surface area contributed by atoms with Gasteiger partial charge in [-0.15, -0.1) is 0 Å². The molecule has 144 valence electrons. The molecule has 0 bridgehead atoms. The van der Waals surface area contributed by atoms with E-state index in [9.17, 15) is 14.4 Å². The summed E-state index contributed by atoms with van der Waals surface area (Å²) in [7, 11) is 0. The quantitative estimate of drug-likeness (QED) is 0.481. The van der Waals surface area contributed by atoms with Crippen molar-refractivity contribution < 1.29 is 9.59 Å². The zero-order chi connectivity index (χ0) is 20.4. The number of amides is 2. The van der Waals surface area contributed by atoms with Crippen LogP contribution < -0.4 is 21.9 Å². The molecule has 0 aliphatic rings. The van der Waals surface area contributed by atoms with Gasteiger partial charge in [-0.05, 0) is 24.3 Å². The Kier molecular flexibility index (Phi) is 4.49. The van der Waals surface area contributed by atoms with Crippen LogP contribution in [-0.4, -0.2) is 31.2 Å². The predicted molar refractivity (Wildman–Crippen MR) is 108 cm³/mol. The van der Waals surface area contributed by atoms with Crippen molar-refractivity contribution in [2.45, 2.75) is 0 Å². The highest BCUT2D eigenvalue weighted by Gasteiger charge is 2.21. The number of nitrogens with one attached hydrogen (secondary N) is 2. The predicted octanol–water partition coefficient (Wildman–Crippen LogP) is 2.34. The Labute approximate surface area is 163 Å². The maximum Gasteiger partial charge on any atom is 0.334 e. The second-order valence-electron chi connectivity index (χ2n) is 5.99. The number of para-hydroxylation sites is 2. The number of nitrogens with zero attached hydrogens (tertiary/aromatic N) is 4. The molecule has 0 saturated heterocycles. The van der Waals surface area contributed by atoms with Crippen molar-refractivity contribution in [3.05, 3.63) is 77.3 Å². The van der Waals surface area contributed by atoms with Gasteiger partial charge in [0.15, 0.2) is 11.2 Å². The molecule has 10 heteroatoms. The molecule has 0 spiro atoms. The lowest BCUT2D eigenvalue weighted by Gasteiger charge is -2.11. The van der Waals surface area contributed by atoms with Crippen molar-refractivity contribution in [2.24, 2.45) is 0 Å². The van der Waals surface area contributed by atoms with Crippen molar-refractivity contribution >= 4 is 40.5 Å². The monoisotopic (exact) mass is 389 g/mol. The number of benzene rings is 2. The van der Waals surface area contributed by atoms with E-state index in [4.69, 9.17) is 5.73 Å². The molecule has 4 aromatic rings. The summed E-state index contributed by atoms with van der Waals surface area (Å²) < 4.78 is 1.93. The Morgan fingerprint density at radius 1 is 0.862 bits per heavy atom. The number of fused-ring (bicyclic) bond motifs is 1. The Balaban J connectivity index is 1.75. The molecular weight excluding hydrogens is 374 g/mol. The highest BCUT2D eigenvalue weighted by Crippen LogP contribution is 2.15. The topological polar surface area (TPSA) is 137 Å². The molecule has 2 heterocycles. The van der Waals surface area contributed by atoms with Crippen LogP contribution in [0.4, 0.5) is 26.9 Å². The molecule has 4 rings (SSSR count). The molecule has 0 fully saturated rings. The lowest BCUT2D eigenvalue weighted by Crippen LogP contribution is -2.29. The second-order valence-corrected chi connectivity index (χ2v) is 5.99. The Morgan fingerprint density at radius 3 is 2.00 bits per heavy atom. The Bertz CT molecular complexity index is 1260. The maximum absolute atomic E-state index is 12.7. The van der Waals surface area contributed by atoms with Crippen LogP contribution in [0.5, 0.6) is 0 Å². The van der Waals surface area contributed by atoms with Crippen LogP contribution in [0.2, 0.25) is 0 Å². The third-order valence-electron chi connectivity index (χ3n) is 4.08. The van der Waals surface area contributed by atoms with Gasteiger partial charge in [-0.3, -0.25) is 4.79 Å². The van der Waals surface area contributed by atoms with Gasteiger partial charge in [-0.2, -0.15) is 4.98 Å². The number of hydrogen-bond acceptors (Lipinski definition) is 6. The molecule has 0 radical (unpaired) electrons. The van der Waals surface area contributed by atoms with Gasteiger partial charge in [0.25, 0.3) is 0 Å². The fourth-order valence-electron chi connectivity index (χ4n) is 2.78. The normalized spacial score (nSPS) is 10.6. The first kappa shape index (κ1) is 17.9. The Morgan fingerprint density at radius 2 is 1.41 bits per heavy atom. The lowest BCUT2D eigenvalue weighted by molar-refractivity contribution is 0.253. The fraction of sp³-hybridized carbons (Fsp3) is 0. The fourth-order valence-corrected chi connectivity index (χ4v) is 2.78. The van der Waals surface area contributed by atoms with Crippen molar-refractivity contribution in [3.8, 4) is 0 Å². The van der Waals surface area contributed by atoms with E-state index >= 15 is 0 Å². The third kappa shape index (κ3) is 3.41. The minimum absolute atomic E-state index is 0.0841. The molecule has 4 N–H and O–H groups in total. The molecule has 10 nitrogen and oxygen atoms in total. The number of nitrogens with two attached hydrogens (primary N) is 1. The second kappa shape index (κ2) is 7.27. The number of imidazole rings is 1. The first-order chi connectivity index (χ1) is 14.0. The van der Waals surface area contributed by atoms with Crippen LogP contribution in [0.25, 0.3) is 11.2 Å². The number of hydrogen-bond donors (Lipinski definition) is 3. The van der Waals surface area contributed by atoms with Gasteiger partial charge >= 0.3 is 17.6 Å². The van der Waals surface area contributed by atoms with Gasteiger partial charge in [0.05, 0.1) is 0 Å². The Hall–Kier alpha value is -4.47. The van der Waals surface area contributed by atoms with Gasteiger partial charge in [0.2, 0.25) is 5.95 Å². The summed E-state index contributed by atoms with van der Waals surface area (Å²) >= 11 is 0. The molecule has 0 aliphatic heterocycles. The van der Waals surface area contributed by atoms with Gasteiger partial charge in [-0.1, -0.05) is 36.4 Å². The summed E-state index contributed by atoms with van der Waals surface area (Å²) in [6, 6.07) is 16.1. The van der Waals surface area contributed by atoms with E-state index in [2.05, 4.69) is 20.6 Å². The third-order valence-corrected chi connectivity index (χ3v) is 4.08. The van der Waals surface area contributed by atoms with Crippen LogP contribution in [0, 0.1) is 0 Å². The van der Waals surface area contributed by atoms with Crippen molar-refractivity contribution in [3.63, 3.8) is 0 Å². The molecule has 2 aromatic heterocycles. The average Bonchev–Trinajstić information content (AvgIpc) is 3.15. The standard InChI is InChI=1S/C19H15N7O3/c20-17-24-16(27)14-15(26(17)19(29)23-13-9-5-2-6-10-13)21-11-25(14)18(28)22-12-7-3-1-4-8-12/h1-11H,(H,22,28)(H,23,29)(H2,20,24,27). The number of anilines is 3. The highest BCUT2D eigenvalue weighted by atomic mass is 16.2. The summed E-state index contributed by atoms with van der Waals surface area (Å²) in [5.41, 5.74) is 5.81. The smallest absolute Gasteiger partial charge is 0.334 e. The summed E-state index contributed by atoms with van der Waals surface area (Å²) in [4.78, 5) is 45.4. The van der Waals surface area contributed by atoms with Gasteiger partial charge in [-0.25, -0.2) is 23.7 Å². The van der Waals surface area contributed by atoms with E-state index in [1.54, 1.807) is 60.7 Å². The molecule has 0 saturated carbocycles. The zero-order valence-electron chi connectivity index (χ0n) is 14.9. The van der Waals surface area contributed by atoms with Crippen LogP contribution in [0.1, 0.15) is 0 Å². The summed E-state index contributed by atoms with van der Waals surface area (Å²) in [5, 5.41) is 5.28. The SMILES string of the molecule is Nc1nc(=O)c2c(ncn2C(=O)Nc2ccccc2)n1C(=O)Nc1ccccc1.